The minimum atomic E-state index is -0.722. The van der Waals surface area contributed by atoms with Crippen molar-refractivity contribution in [3.8, 4) is 0 Å². The van der Waals surface area contributed by atoms with Crippen LogP contribution in [0.15, 0.2) is 0 Å². The Kier molecular flexibility index (Phi) is 7.02. The Labute approximate surface area is 97.6 Å². The van der Waals surface area contributed by atoms with E-state index in [1.807, 2.05) is 13.2 Å². The highest BCUT2D eigenvalue weighted by atomic mass is 32.2. The third-order valence-electron chi connectivity index (χ3n) is 2.48. The summed E-state index contributed by atoms with van der Waals surface area (Å²) in [5.41, 5.74) is 5.23. The van der Waals surface area contributed by atoms with E-state index in [2.05, 4.69) is 12.2 Å². The van der Waals surface area contributed by atoms with Gasteiger partial charge >= 0.3 is 0 Å². The molecule has 3 N–H and O–H groups in total. The third-order valence-corrected chi connectivity index (χ3v) is 3.22. The normalized spacial score (nSPS) is 16.9. The van der Waals surface area contributed by atoms with Crippen LogP contribution in [0.3, 0.4) is 0 Å². The molecule has 0 rings (SSSR count). The van der Waals surface area contributed by atoms with Crippen molar-refractivity contribution in [3.63, 3.8) is 0 Å². The highest BCUT2D eigenvalue weighted by molar-refractivity contribution is 7.98. The van der Waals surface area contributed by atoms with E-state index in [9.17, 15) is 4.79 Å². The number of nitrogens with two attached hydrogens (primary N) is 1. The molecule has 90 valence electrons. The lowest BCUT2D eigenvalue weighted by molar-refractivity contribution is -0.126. The maximum absolute atomic E-state index is 11.9. The summed E-state index contributed by atoms with van der Waals surface area (Å²) < 4.78 is 0. The molecule has 0 aromatic carbocycles. The van der Waals surface area contributed by atoms with Gasteiger partial charge in [0, 0.05) is 11.8 Å². The standard InChI is InChI=1S/C11H24N2OS/c1-5-7-11(3,12)10(14)13-9(6-2)8-15-4/h9H,5-8,12H2,1-4H3,(H,13,14). The molecule has 4 heteroatoms. The zero-order valence-corrected chi connectivity index (χ0v) is 11.1. The van der Waals surface area contributed by atoms with Crippen molar-refractivity contribution >= 4 is 17.7 Å². The van der Waals surface area contributed by atoms with Gasteiger partial charge in [-0.05, 0) is 26.0 Å². The minimum absolute atomic E-state index is 0.0229. The highest BCUT2D eigenvalue weighted by Gasteiger charge is 2.28. The smallest absolute Gasteiger partial charge is 0.240 e. The van der Waals surface area contributed by atoms with Crippen molar-refractivity contribution in [2.45, 2.75) is 51.6 Å². The molecule has 0 spiro atoms. The number of carbonyl (C=O) groups is 1. The molecule has 0 saturated carbocycles. The highest BCUT2D eigenvalue weighted by Crippen LogP contribution is 2.10. The second-order valence-electron chi connectivity index (χ2n) is 4.20. The SMILES string of the molecule is CCCC(C)(N)C(=O)NC(CC)CSC. The van der Waals surface area contributed by atoms with Gasteiger partial charge in [0.15, 0.2) is 0 Å². The van der Waals surface area contributed by atoms with Crippen molar-refractivity contribution in [1.82, 2.24) is 5.32 Å². The summed E-state index contributed by atoms with van der Waals surface area (Å²) in [6, 6.07) is 0.243. The van der Waals surface area contributed by atoms with E-state index in [0.29, 0.717) is 0 Å². The molecule has 0 aliphatic carbocycles. The first-order chi connectivity index (χ1) is 6.97. The van der Waals surface area contributed by atoms with Crippen LogP contribution in [0.4, 0.5) is 0 Å². The summed E-state index contributed by atoms with van der Waals surface area (Å²) >= 11 is 1.74. The Balaban J connectivity index is 4.20. The fraction of sp³-hybridized carbons (Fsp3) is 0.909. The molecule has 15 heavy (non-hydrogen) atoms. The van der Waals surface area contributed by atoms with Crippen LogP contribution < -0.4 is 11.1 Å². The van der Waals surface area contributed by atoms with Crippen LogP contribution in [0.1, 0.15) is 40.0 Å². The molecule has 0 aromatic rings. The number of rotatable bonds is 7. The quantitative estimate of drug-likeness (QED) is 0.703. The Morgan fingerprint density at radius 1 is 1.53 bits per heavy atom. The van der Waals surface area contributed by atoms with Crippen molar-refractivity contribution < 1.29 is 4.79 Å². The maximum Gasteiger partial charge on any atom is 0.240 e. The van der Waals surface area contributed by atoms with Gasteiger partial charge in [-0.25, -0.2) is 0 Å². The molecular weight excluding hydrogens is 208 g/mol. The molecule has 0 aliphatic heterocycles. The van der Waals surface area contributed by atoms with E-state index in [0.717, 1.165) is 25.0 Å². The first kappa shape index (κ1) is 14.8. The van der Waals surface area contributed by atoms with Gasteiger partial charge in [0.2, 0.25) is 5.91 Å². The van der Waals surface area contributed by atoms with Gasteiger partial charge in [0.05, 0.1) is 5.54 Å². The Morgan fingerprint density at radius 3 is 2.53 bits per heavy atom. The summed E-state index contributed by atoms with van der Waals surface area (Å²) in [6.07, 6.45) is 4.66. The molecule has 2 atom stereocenters. The van der Waals surface area contributed by atoms with E-state index >= 15 is 0 Å². The van der Waals surface area contributed by atoms with Crippen molar-refractivity contribution in [1.29, 1.82) is 0 Å². The fourth-order valence-electron chi connectivity index (χ4n) is 1.45. The molecule has 2 unspecified atom stereocenters. The number of thioether (sulfide) groups is 1. The first-order valence-corrected chi connectivity index (χ1v) is 6.96. The van der Waals surface area contributed by atoms with Crippen LogP contribution in [0.5, 0.6) is 0 Å². The number of hydrogen-bond acceptors (Lipinski definition) is 3. The van der Waals surface area contributed by atoms with Gasteiger partial charge in [-0.1, -0.05) is 20.3 Å². The topological polar surface area (TPSA) is 55.1 Å². The van der Waals surface area contributed by atoms with Gasteiger partial charge < -0.3 is 11.1 Å². The first-order valence-electron chi connectivity index (χ1n) is 5.56. The average molecular weight is 232 g/mol. The molecule has 0 aliphatic rings. The summed E-state index contributed by atoms with van der Waals surface area (Å²) in [4.78, 5) is 11.9. The molecule has 0 fully saturated rings. The van der Waals surface area contributed by atoms with Crippen molar-refractivity contribution in [3.05, 3.63) is 0 Å². The van der Waals surface area contributed by atoms with E-state index in [1.165, 1.54) is 0 Å². The second-order valence-corrected chi connectivity index (χ2v) is 5.11. The zero-order valence-electron chi connectivity index (χ0n) is 10.3. The monoisotopic (exact) mass is 232 g/mol. The molecular formula is C11H24N2OS. The number of amides is 1. The zero-order chi connectivity index (χ0) is 11.9. The number of hydrogen-bond donors (Lipinski definition) is 2. The maximum atomic E-state index is 11.9. The summed E-state index contributed by atoms with van der Waals surface area (Å²) in [5, 5.41) is 3.01. The number of nitrogens with one attached hydrogen (secondary N) is 1. The van der Waals surface area contributed by atoms with Gasteiger partial charge in [0.25, 0.3) is 0 Å². The summed E-state index contributed by atoms with van der Waals surface area (Å²) in [5.74, 6) is 0.926. The van der Waals surface area contributed by atoms with Crippen LogP contribution in [0, 0.1) is 0 Å². The summed E-state index contributed by atoms with van der Waals surface area (Å²) in [6.45, 7) is 5.92. The Hall–Kier alpha value is -0.220. The predicted molar refractivity (Wildman–Crippen MR) is 68.1 cm³/mol. The van der Waals surface area contributed by atoms with Gasteiger partial charge in [-0.15, -0.1) is 0 Å². The van der Waals surface area contributed by atoms with E-state index in [1.54, 1.807) is 18.7 Å². The second kappa shape index (κ2) is 7.12. The van der Waals surface area contributed by atoms with E-state index in [4.69, 9.17) is 5.73 Å². The molecule has 1 amide bonds. The number of carbonyl (C=O) groups excluding carboxylic acids is 1. The van der Waals surface area contributed by atoms with Crippen molar-refractivity contribution in [2.75, 3.05) is 12.0 Å². The largest absolute Gasteiger partial charge is 0.351 e. The molecule has 0 aromatic heterocycles. The lowest BCUT2D eigenvalue weighted by Crippen LogP contribution is -2.54. The Bertz CT molecular complexity index is 195. The predicted octanol–water partition coefficient (Wildman–Crippen LogP) is 1.76. The average Bonchev–Trinajstić information content (AvgIpc) is 2.16. The van der Waals surface area contributed by atoms with Crippen LogP contribution in [-0.4, -0.2) is 29.5 Å². The molecule has 0 bridgehead atoms. The fourth-order valence-corrected chi connectivity index (χ4v) is 2.17. The van der Waals surface area contributed by atoms with Crippen LogP contribution in [-0.2, 0) is 4.79 Å². The molecule has 0 heterocycles. The third kappa shape index (κ3) is 5.42. The molecule has 3 nitrogen and oxygen atoms in total. The van der Waals surface area contributed by atoms with E-state index in [-0.39, 0.29) is 11.9 Å². The lowest BCUT2D eigenvalue weighted by Gasteiger charge is -2.26. The van der Waals surface area contributed by atoms with Crippen molar-refractivity contribution in [2.24, 2.45) is 5.73 Å². The minimum Gasteiger partial charge on any atom is -0.351 e. The summed E-state index contributed by atoms with van der Waals surface area (Å²) in [7, 11) is 0. The molecule has 0 saturated heterocycles. The van der Waals surface area contributed by atoms with Crippen LogP contribution in [0.25, 0.3) is 0 Å². The van der Waals surface area contributed by atoms with E-state index < -0.39 is 5.54 Å². The Morgan fingerprint density at radius 2 is 2.13 bits per heavy atom. The van der Waals surface area contributed by atoms with Gasteiger partial charge in [-0.2, -0.15) is 11.8 Å². The van der Waals surface area contributed by atoms with Gasteiger partial charge in [0.1, 0.15) is 0 Å². The molecule has 0 radical (unpaired) electrons. The van der Waals surface area contributed by atoms with Crippen LogP contribution in [0.2, 0.25) is 0 Å². The van der Waals surface area contributed by atoms with Gasteiger partial charge in [-0.3, -0.25) is 4.79 Å². The lowest BCUT2D eigenvalue weighted by atomic mass is 9.96. The van der Waals surface area contributed by atoms with Crippen LogP contribution >= 0.6 is 11.8 Å².